The number of hydrogen-bond donors (Lipinski definition) is 2. The van der Waals surface area contributed by atoms with Crippen molar-refractivity contribution in [1.82, 2.24) is 19.9 Å². The molecule has 1 aliphatic heterocycles. The zero-order valence-corrected chi connectivity index (χ0v) is 9.08. The Morgan fingerprint density at radius 1 is 1.47 bits per heavy atom. The van der Waals surface area contributed by atoms with Crippen molar-refractivity contribution >= 4 is 11.5 Å². The molecule has 6 nitrogen and oxygen atoms in total. The third-order valence-corrected chi connectivity index (χ3v) is 3.29. The smallest absolute Gasteiger partial charge is 0.308 e. The molecule has 0 bridgehead atoms. The topological polar surface area (TPSA) is 79.5 Å². The lowest BCUT2D eigenvalue weighted by Crippen LogP contribution is -2.20. The largest absolute Gasteiger partial charge is 0.481 e. The minimum absolute atomic E-state index is 0.0331. The first-order valence-electron chi connectivity index (χ1n) is 5.48. The Morgan fingerprint density at radius 3 is 3.18 bits per heavy atom. The lowest BCUT2D eigenvalue weighted by atomic mass is 9.90. The van der Waals surface area contributed by atoms with E-state index in [4.69, 9.17) is 0 Å². The maximum Gasteiger partial charge on any atom is 0.308 e. The Bertz CT molecular complexity index is 565. The summed E-state index contributed by atoms with van der Waals surface area (Å²) in [5, 5.41) is 16.5. The molecule has 1 saturated heterocycles. The summed E-state index contributed by atoms with van der Waals surface area (Å²) >= 11 is 0. The summed E-state index contributed by atoms with van der Waals surface area (Å²) in [6.07, 6.45) is 6.88. The van der Waals surface area contributed by atoms with Crippen LogP contribution >= 0.6 is 0 Å². The standard InChI is InChI=1S/C11H12N4O2/c16-11(17)9-4-13-3-7(9)8-5-14-15-2-1-12-6-10(8)15/h1-2,5-7,9,13H,3-4H2,(H,16,17). The van der Waals surface area contributed by atoms with Crippen LogP contribution in [0.3, 0.4) is 0 Å². The Balaban J connectivity index is 2.06. The molecule has 0 saturated carbocycles. The average molecular weight is 232 g/mol. The zero-order chi connectivity index (χ0) is 11.8. The van der Waals surface area contributed by atoms with Gasteiger partial charge in [-0.15, -0.1) is 0 Å². The number of nitrogens with zero attached hydrogens (tertiary/aromatic N) is 3. The fourth-order valence-electron chi connectivity index (χ4n) is 2.40. The minimum Gasteiger partial charge on any atom is -0.481 e. The number of aliphatic carboxylic acids is 1. The van der Waals surface area contributed by atoms with Crippen LogP contribution in [0.15, 0.2) is 24.8 Å². The van der Waals surface area contributed by atoms with Crippen molar-refractivity contribution in [3.05, 3.63) is 30.4 Å². The maximum absolute atomic E-state index is 11.2. The number of hydrogen-bond acceptors (Lipinski definition) is 4. The molecule has 2 unspecified atom stereocenters. The molecule has 2 atom stereocenters. The van der Waals surface area contributed by atoms with Crippen molar-refractivity contribution in [2.45, 2.75) is 5.92 Å². The fourth-order valence-corrected chi connectivity index (χ4v) is 2.40. The lowest BCUT2D eigenvalue weighted by Gasteiger charge is -2.12. The number of carbonyl (C=O) groups is 1. The lowest BCUT2D eigenvalue weighted by molar-refractivity contribution is -0.141. The zero-order valence-electron chi connectivity index (χ0n) is 9.08. The summed E-state index contributed by atoms with van der Waals surface area (Å²) in [6.45, 7) is 1.19. The molecule has 17 heavy (non-hydrogen) atoms. The van der Waals surface area contributed by atoms with E-state index in [0.717, 1.165) is 11.1 Å². The van der Waals surface area contributed by atoms with E-state index in [1.54, 1.807) is 29.3 Å². The predicted molar refractivity (Wildman–Crippen MR) is 59.7 cm³/mol. The van der Waals surface area contributed by atoms with Crippen molar-refractivity contribution in [3.63, 3.8) is 0 Å². The molecule has 0 aromatic carbocycles. The highest BCUT2D eigenvalue weighted by Crippen LogP contribution is 2.30. The summed E-state index contributed by atoms with van der Waals surface area (Å²) in [4.78, 5) is 15.2. The molecule has 0 amide bonds. The van der Waals surface area contributed by atoms with Gasteiger partial charge in [-0.3, -0.25) is 9.78 Å². The fraction of sp³-hybridized carbons (Fsp3) is 0.364. The van der Waals surface area contributed by atoms with Crippen molar-refractivity contribution < 1.29 is 9.90 Å². The number of aromatic nitrogens is 3. The van der Waals surface area contributed by atoms with Gasteiger partial charge in [-0.05, 0) is 0 Å². The van der Waals surface area contributed by atoms with E-state index in [2.05, 4.69) is 15.4 Å². The molecule has 3 heterocycles. The molecule has 2 aromatic heterocycles. The van der Waals surface area contributed by atoms with Crippen LogP contribution in [0.25, 0.3) is 5.52 Å². The molecule has 1 fully saturated rings. The van der Waals surface area contributed by atoms with Crippen LogP contribution in [0.4, 0.5) is 0 Å². The molecule has 2 aromatic rings. The number of nitrogens with one attached hydrogen (secondary N) is 1. The first kappa shape index (κ1) is 10.2. The Kier molecular flexibility index (Phi) is 2.29. The first-order chi connectivity index (χ1) is 8.27. The van der Waals surface area contributed by atoms with Crippen LogP contribution in [-0.4, -0.2) is 38.8 Å². The van der Waals surface area contributed by atoms with E-state index in [1.165, 1.54) is 0 Å². The van der Waals surface area contributed by atoms with Crippen LogP contribution in [0.1, 0.15) is 11.5 Å². The summed E-state index contributed by atoms with van der Waals surface area (Å²) in [5.74, 6) is -1.18. The van der Waals surface area contributed by atoms with Crippen LogP contribution in [0.2, 0.25) is 0 Å². The molecule has 3 rings (SSSR count). The van der Waals surface area contributed by atoms with E-state index in [0.29, 0.717) is 13.1 Å². The van der Waals surface area contributed by atoms with E-state index in [1.807, 2.05) is 0 Å². The van der Waals surface area contributed by atoms with Gasteiger partial charge in [0.1, 0.15) is 0 Å². The molecule has 6 heteroatoms. The normalized spacial score (nSPS) is 24.2. The van der Waals surface area contributed by atoms with Gasteiger partial charge in [0.15, 0.2) is 0 Å². The molecule has 0 aliphatic carbocycles. The van der Waals surface area contributed by atoms with Crippen molar-refractivity contribution in [3.8, 4) is 0 Å². The van der Waals surface area contributed by atoms with Gasteiger partial charge in [0.2, 0.25) is 0 Å². The summed E-state index contributed by atoms with van der Waals surface area (Å²) in [5.41, 5.74) is 1.84. The number of rotatable bonds is 2. The second-order valence-corrected chi connectivity index (χ2v) is 4.22. The first-order valence-corrected chi connectivity index (χ1v) is 5.48. The molecule has 88 valence electrons. The molecule has 2 N–H and O–H groups in total. The van der Waals surface area contributed by atoms with Gasteiger partial charge >= 0.3 is 5.97 Å². The summed E-state index contributed by atoms with van der Waals surface area (Å²) < 4.78 is 1.72. The van der Waals surface area contributed by atoms with Gasteiger partial charge in [-0.1, -0.05) is 0 Å². The van der Waals surface area contributed by atoms with Crippen LogP contribution in [-0.2, 0) is 4.79 Å². The second-order valence-electron chi connectivity index (χ2n) is 4.22. The van der Waals surface area contributed by atoms with Crippen molar-refractivity contribution in [2.75, 3.05) is 13.1 Å². The van der Waals surface area contributed by atoms with Gasteiger partial charge in [-0.2, -0.15) is 5.10 Å². The van der Waals surface area contributed by atoms with Crippen molar-refractivity contribution in [2.24, 2.45) is 5.92 Å². The van der Waals surface area contributed by atoms with E-state index in [9.17, 15) is 9.90 Å². The summed E-state index contributed by atoms with van der Waals surface area (Å²) in [7, 11) is 0. The minimum atomic E-state index is -0.761. The highest BCUT2D eigenvalue weighted by molar-refractivity contribution is 5.73. The number of carboxylic acids is 1. The van der Waals surface area contributed by atoms with E-state index >= 15 is 0 Å². The molecular weight excluding hydrogens is 220 g/mol. The van der Waals surface area contributed by atoms with Gasteiger partial charge in [0, 0.05) is 37.0 Å². The van der Waals surface area contributed by atoms with E-state index < -0.39 is 5.97 Å². The Morgan fingerprint density at radius 2 is 2.35 bits per heavy atom. The van der Waals surface area contributed by atoms with Gasteiger partial charge in [-0.25, -0.2) is 4.52 Å². The molecule has 1 aliphatic rings. The predicted octanol–water partition coefficient (Wildman–Crippen LogP) is 0.117. The molecule has 0 radical (unpaired) electrons. The highest BCUT2D eigenvalue weighted by atomic mass is 16.4. The van der Waals surface area contributed by atoms with Gasteiger partial charge in [0.25, 0.3) is 0 Å². The highest BCUT2D eigenvalue weighted by Gasteiger charge is 2.35. The maximum atomic E-state index is 11.2. The van der Waals surface area contributed by atoms with Gasteiger partial charge < -0.3 is 10.4 Å². The average Bonchev–Trinajstić information content (AvgIpc) is 2.94. The Hall–Kier alpha value is -1.95. The van der Waals surface area contributed by atoms with Crippen LogP contribution in [0.5, 0.6) is 0 Å². The summed E-state index contributed by atoms with van der Waals surface area (Å²) in [6, 6.07) is 0. The monoisotopic (exact) mass is 232 g/mol. The van der Waals surface area contributed by atoms with E-state index in [-0.39, 0.29) is 11.8 Å². The van der Waals surface area contributed by atoms with Gasteiger partial charge in [0.05, 0.1) is 23.8 Å². The Labute approximate surface area is 97.3 Å². The van der Waals surface area contributed by atoms with Crippen LogP contribution in [0, 0.1) is 5.92 Å². The second kappa shape index (κ2) is 3.81. The molecule has 0 spiro atoms. The van der Waals surface area contributed by atoms with Crippen molar-refractivity contribution in [1.29, 1.82) is 0 Å². The number of carboxylic acid groups (broad SMARTS) is 1. The molecular formula is C11H12N4O2. The third-order valence-electron chi connectivity index (χ3n) is 3.29. The third kappa shape index (κ3) is 1.57. The quantitative estimate of drug-likeness (QED) is 0.768. The number of fused-ring (bicyclic) bond motifs is 1. The SMILES string of the molecule is O=C(O)C1CNCC1c1cnn2ccncc12. The van der Waals surface area contributed by atoms with Crippen LogP contribution < -0.4 is 5.32 Å².